The Morgan fingerprint density at radius 2 is 1.69 bits per heavy atom. The van der Waals surface area contributed by atoms with Crippen molar-refractivity contribution < 1.29 is 13.2 Å². The van der Waals surface area contributed by atoms with Crippen LogP contribution in [0.1, 0.15) is 39.2 Å². The topological polar surface area (TPSA) is 59.5 Å². The molecule has 5 nitrogen and oxygen atoms in total. The van der Waals surface area contributed by atoms with Crippen molar-refractivity contribution in [2.75, 3.05) is 25.1 Å². The lowest BCUT2D eigenvalue weighted by Gasteiger charge is -2.31. The Morgan fingerprint density at radius 1 is 1.03 bits per heavy atom. The quantitative estimate of drug-likeness (QED) is 0.489. The van der Waals surface area contributed by atoms with Gasteiger partial charge in [0.1, 0.15) is 5.75 Å². The monoisotopic (exact) mass is 470 g/mol. The number of thiazole rings is 1. The third kappa shape index (κ3) is 4.55. The summed E-state index contributed by atoms with van der Waals surface area (Å²) in [5.41, 5.74) is 3.00. The molecule has 0 unspecified atom stereocenters. The van der Waals surface area contributed by atoms with Crippen LogP contribution in [0.2, 0.25) is 0 Å². The number of methoxy groups -OCH3 is 1. The lowest BCUT2D eigenvalue weighted by Crippen LogP contribution is -2.39. The summed E-state index contributed by atoms with van der Waals surface area (Å²) in [7, 11) is -1.68. The first-order chi connectivity index (χ1) is 15.2. The third-order valence-electron chi connectivity index (χ3n) is 6.08. The van der Waals surface area contributed by atoms with Gasteiger partial charge in [0.25, 0.3) is 0 Å². The summed E-state index contributed by atoms with van der Waals surface area (Å²) in [5.74, 6) is 0.798. The second-order valence-electron chi connectivity index (χ2n) is 9.22. The summed E-state index contributed by atoms with van der Waals surface area (Å²) in [6.07, 6.45) is 1.21. The average molecular weight is 471 g/mol. The Labute approximate surface area is 195 Å². The first-order valence-corrected chi connectivity index (χ1v) is 13.3. The van der Waals surface area contributed by atoms with E-state index in [1.54, 1.807) is 30.6 Å². The number of aromatic nitrogens is 1. The molecule has 32 heavy (non-hydrogen) atoms. The number of ether oxygens (including phenoxy) is 1. The minimum absolute atomic E-state index is 0.00393. The zero-order chi connectivity index (χ0) is 22.9. The maximum Gasteiger partial charge on any atom is 0.185 e. The second-order valence-corrected chi connectivity index (χ2v) is 12.3. The largest absolute Gasteiger partial charge is 0.496 e. The third-order valence-corrected chi connectivity index (χ3v) is 9.25. The highest BCUT2D eigenvalue weighted by Crippen LogP contribution is 2.35. The van der Waals surface area contributed by atoms with E-state index in [1.165, 1.54) is 0 Å². The van der Waals surface area contributed by atoms with E-state index in [1.807, 2.05) is 41.8 Å². The summed E-state index contributed by atoms with van der Waals surface area (Å²) in [4.78, 5) is 7.43. The fraction of sp³-hybridized carbons (Fsp3) is 0.400. The van der Waals surface area contributed by atoms with Crippen LogP contribution in [0.25, 0.3) is 11.3 Å². The molecule has 0 N–H and O–H groups in total. The van der Waals surface area contributed by atoms with Gasteiger partial charge in [0.2, 0.25) is 0 Å². The van der Waals surface area contributed by atoms with Gasteiger partial charge >= 0.3 is 0 Å². The normalized spacial score (nSPS) is 15.7. The molecule has 1 aromatic heterocycles. The van der Waals surface area contributed by atoms with E-state index in [2.05, 4.69) is 25.7 Å². The van der Waals surface area contributed by atoms with Crippen molar-refractivity contribution in [1.82, 2.24) is 4.98 Å². The molecule has 7 heteroatoms. The van der Waals surface area contributed by atoms with Gasteiger partial charge in [-0.25, -0.2) is 13.4 Å². The first kappa shape index (κ1) is 22.8. The number of sulfone groups is 1. The summed E-state index contributed by atoms with van der Waals surface area (Å²) in [6, 6.07) is 15.3. The Morgan fingerprint density at radius 3 is 2.31 bits per heavy atom. The summed E-state index contributed by atoms with van der Waals surface area (Å²) in [5, 5.41) is 2.61. The fourth-order valence-corrected chi connectivity index (χ4v) is 6.70. The van der Waals surface area contributed by atoms with E-state index in [4.69, 9.17) is 9.72 Å². The van der Waals surface area contributed by atoms with Crippen LogP contribution in [0.15, 0.2) is 58.8 Å². The molecule has 1 aliphatic rings. The summed E-state index contributed by atoms with van der Waals surface area (Å²) < 4.78 is 31.9. The van der Waals surface area contributed by atoms with Crippen LogP contribution in [0.5, 0.6) is 5.75 Å². The Hall–Kier alpha value is -2.38. The zero-order valence-corrected chi connectivity index (χ0v) is 20.7. The molecular formula is C25H30N2O3S2. The molecule has 0 radical (unpaired) electrons. The van der Waals surface area contributed by atoms with Crippen LogP contribution in [0.3, 0.4) is 0 Å². The standard InChI is InChI=1S/C25H30N2O3S2/c1-25(2,3)18-9-11-19(12-10-18)32(28,29)20-13-15-27(16-14-20)24-26-22(17-31-24)21-7-5-6-8-23(21)30-4/h5-12,17,20H,13-16H2,1-4H3. The molecule has 170 valence electrons. The SMILES string of the molecule is COc1ccccc1-c1csc(N2CCC(S(=O)(=O)c3ccc(C(C)(C)C)cc3)CC2)n1. The van der Waals surface area contributed by atoms with Gasteiger partial charge < -0.3 is 9.64 Å². The van der Waals surface area contributed by atoms with Crippen molar-refractivity contribution in [3.8, 4) is 17.0 Å². The number of para-hydroxylation sites is 1. The molecule has 0 aliphatic carbocycles. The van der Waals surface area contributed by atoms with Crippen molar-refractivity contribution in [3.05, 3.63) is 59.5 Å². The van der Waals surface area contributed by atoms with Crippen LogP contribution in [0.4, 0.5) is 5.13 Å². The maximum atomic E-state index is 13.2. The number of benzene rings is 2. The molecule has 1 fully saturated rings. The van der Waals surface area contributed by atoms with Crippen molar-refractivity contribution in [3.63, 3.8) is 0 Å². The van der Waals surface area contributed by atoms with Gasteiger partial charge in [-0.1, -0.05) is 45.0 Å². The predicted molar refractivity (Wildman–Crippen MR) is 132 cm³/mol. The number of nitrogens with zero attached hydrogens (tertiary/aromatic N) is 2. The minimum Gasteiger partial charge on any atom is -0.496 e. The van der Waals surface area contributed by atoms with Gasteiger partial charge in [0.15, 0.2) is 15.0 Å². The maximum absolute atomic E-state index is 13.2. The predicted octanol–water partition coefficient (Wildman–Crippen LogP) is 5.56. The molecule has 1 aliphatic heterocycles. The fourth-order valence-electron chi connectivity index (χ4n) is 4.08. The molecule has 4 rings (SSSR count). The molecule has 0 spiro atoms. The lowest BCUT2D eigenvalue weighted by molar-refractivity contribution is 0.416. The summed E-state index contributed by atoms with van der Waals surface area (Å²) in [6.45, 7) is 7.75. The molecular weight excluding hydrogens is 440 g/mol. The van der Waals surface area contributed by atoms with Crippen LogP contribution in [0, 0.1) is 0 Å². The van der Waals surface area contributed by atoms with Gasteiger partial charge in [-0.15, -0.1) is 11.3 Å². The van der Waals surface area contributed by atoms with E-state index < -0.39 is 9.84 Å². The van der Waals surface area contributed by atoms with Gasteiger partial charge in [0, 0.05) is 24.0 Å². The van der Waals surface area contributed by atoms with Gasteiger partial charge in [-0.3, -0.25) is 0 Å². The van der Waals surface area contributed by atoms with Crippen LogP contribution in [-0.2, 0) is 15.3 Å². The number of rotatable bonds is 5. The molecule has 2 heterocycles. The molecule has 2 aromatic carbocycles. The van der Waals surface area contributed by atoms with Crippen LogP contribution >= 0.6 is 11.3 Å². The molecule has 1 saturated heterocycles. The highest BCUT2D eigenvalue weighted by Gasteiger charge is 2.32. The average Bonchev–Trinajstić information content (AvgIpc) is 3.29. The molecule has 0 bridgehead atoms. The highest BCUT2D eigenvalue weighted by molar-refractivity contribution is 7.92. The number of hydrogen-bond donors (Lipinski definition) is 0. The van der Waals surface area contributed by atoms with Crippen LogP contribution < -0.4 is 9.64 Å². The Balaban J connectivity index is 1.45. The Bertz CT molecular complexity index is 1170. The molecule has 0 atom stereocenters. The van der Waals surface area contributed by atoms with Gasteiger partial charge in [-0.05, 0) is 48.1 Å². The van der Waals surface area contributed by atoms with E-state index in [0.29, 0.717) is 30.8 Å². The Kier molecular flexibility index (Phi) is 6.32. The lowest BCUT2D eigenvalue weighted by atomic mass is 9.87. The number of hydrogen-bond acceptors (Lipinski definition) is 6. The second kappa shape index (κ2) is 8.87. The number of anilines is 1. The molecule has 3 aromatic rings. The number of piperidine rings is 1. The zero-order valence-electron chi connectivity index (χ0n) is 19.0. The molecule has 0 amide bonds. The highest BCUT2D eigenvalue weighted by atomic mass is 32.2. The van der Waals surface area contributed by atoms with Crippen molar-refractivity contribution in [2.45, 2.75) is 49.2 Å². The van der Waals surface area contributed by atoms with E-state index in [-0.39, 0.29) is 10.7 Å². The molecule has 0 saturated carbocycles. The van der Waals surface area contributed by atoms with Gasteiger partial charge in [0.05, 0.1) is 22.9 Å². The van der Waals surface area contributed by atoms with E-state index in [0.717, 1.165) is 27.7 Å². The smallest absolute Gasteiger partial charge is 0.185 e. The van der Waals surface area contributed by atoms with Crippen molar-refractivity contribution in [2.24, 2.45) is 0 Å². The van der Waals surface area contributed by atoms with Crippen molar-refractivity contribution >= 4 is 26.3 Å². The van der Waals surface area contributed by atoms with Crippen LogP contribution in [-0.4, -0.2) is 38.9 Å². The summed E-state index contributed by atoms with van der Waals surface area (Å²) >= 11 is 1.59. The minimum atomic E-state index is -3.34. The van der Waals surface area contributed by atoms with Gasteiger partial charge in [-0.2, -0.15) is 0 Å². The van der Waals surface area contributed by atoms with E-state index in [9.17, 15) is 8.42 Å². The van der Waals surface area contributed by atoms with Crippen molar-refractivity contribution in [1.29, 1.82) is 0 Å². The first-order valence-electron chi connectivity index (χ1n) is 10.9. The van der Waals surface area contributed by atoms with E-state index >= 15 is 0 Å².